The highest BCUT2D eigenvalue weighted by Gasteiger charge is 2.40. The third-order valence-corrected chi connectivity index (χ3v) is 14.2. The van der Waals surface area contributed by atoms with E-state index in [1.165, 1.54) is 59.8 Å². The molecule has 5 rings (SSSR count). The molecule has 2 bridgehead atoms. The molecule has 5 amide bonds. The Labute approximate surface area is 397 Å². The van der Waals surface area contributed by atoms with E-state index in [2.05, 4.69) is 16.0 Å². The summed E-state index contributed by atoms with van der Waals surface area (Å²) < 4.78 is 22.2. The summed E-state index contributed by atoms with van der Waals surface area (Å²) in [5.41, 5.74) is 7.95. The van der Waals surface area contributed by atoms with E-state index in [1.807, 2.05) is 6.92 Å². The highest BCUT2D eigenvalue weighted by molar-refractivity contribution is 8.76. The number of ketones is 2. The van der Waals surface area contributed by atoms with Crippen LogP contribution in [0.2, 0.25) is 0 Å². The second-order valence-corrected chi connectivity index (χ2v) is 19.4. The number of carbonyl (C=O) groups is 8. The maximum absolute atomic E-state index is 14.1. The predicted molar refractivity (Wildman–Crippen MR) is 250 cm³/mol. The Morgan fingerprint density at radius 1 is 1.01 bits per heavy atom. The van der Waals surface area contributed by atoms with Crippen molar-refractivity contribution < 1.29 is 62.4 Å². The van der Waals surface area contributed by atoms with Crippen LogP contribution in [-0.4, -0.2) is 127 Å². The van der Waals surface area contributed by atoms with Crippen LogP contribution in [-0.2, 0) is 60.7 Å². The molecule has 362 valence electrons. The molecule has 6 N–H and O–H groups in total. The average Bonchev–Trinajstić information content (AvgIpc) is 3.62. The zero-order chi connectivity index (χ0) is 48.9. The van der Waals surface area contributed by atoms with Crippen molar-refractivity contribution in [2.75, 3.05) is 38.9 Å². The minimum atomic E-state index is -1.03. The summed E-state index contributed by atoms with van der Waals surface area (Å²) in [6, 6.07) is 4.32. The van der Waals surface area contributed by atoms with Gasteiger partial charge in [0.05, 0.1) is 30.0 Å². The van der Waals surface area contributed by atoms with Gasteiger partial charge in [-0.15, -0.1) is 0 Å². The number of esters is 1. The van der Waals surface area contributed by atoms with E-state index in [0.717, 1.165) is 6.08 Å². The molecule has 1 aliphatic carbocycles. The third kappa shape index (κ3) is 13.8. The van der Waals surface area contributed by atoms with Gasteiger partial charge in [-0.05, 0) is 61.8 Å². The van der Waals surface area contributed by atoms with E-state index in [4.69, 9.17) is 24.7 Å². The van der Waals surface area contributed by atoms with Gasteiger partial charge >= 0.3 is 12.1 Å². The quantitative estimate of drug-likeness (QED) is 0.0448. The van der Waals surface area contributed by atoms with Crippen molar-refractivity contribution in [2.24, 2.45) is 17.6 Å². The fourth-order valence-electron chi connectivity index (χ4n) is 8.33. The first-order chi connectivity index (χ1) is 31.9. The summed E-state index contributed by atoms with van der Waals surface area (Å²) in [7, 11) is 5.81. The smallest absolute Gasteiger partial charge is 0.405 e. The van der Waals surface area contributed by atoms with E-state index in [9.17, 15) is 43.5 Å². The molecular weight excluding hydrogens is 907 g/mol. The van der Waals surface area contributed by atoms with Crippen molar-refractivity contribution >= 4 is 68.8 Å². The maximum atomic E-state index is 14.1. The monoisotopic (exact) mass is 965 g/mol. The zero-order valence-electron chi connectivity index (χ0n) is 38.4. The lowest BCUT2D eigenvalue weighted by Gasteiger charge is -2.30. The van der Waals surface area contributed by atoms with Gasteiger partial charge in [-0.25, -0.2) is 4.79 Å². The summed E-state index contributed by atoms with van der Waals surface area (Å²) in [6.45, 7) is 7.47. The molecule has 0 spiro atoms. The Bertz CT molecular complexity index is 2270. The van der Waals surface area contributed by atoms with E-state index in [1.54, 1.807) is 44.2 Å². The zero-order valence-corrected chi connectivity index (χ0v) is 40.1. The molecular formula is C47H59N5O13S2. The number of hydrogen-bond donors (Lipinski definition) is 5. The van der Waals surface area contributed by atoms with Crippen molar-refractivity contribution in [2.45, 2.75) is 96.8 Å². The number of imide groups is 1. The third-order valence-electron chi connectivity index (χ3n) is 11.8. The maximum Gasteiger partial charge on any atom is 0.405 e. The lowest BCUT2D eigenvalue weighted by Crippen LogP contribution is -2.52. The number of aliphatic hydroxyl groups is 1. The van der Waals surface area contributed by atoms with E-state index in [0.29, 0.717) is 46.7 Å². The number of primary amides is 1. The molecule has 67 heavy (non-hydrogen) atoms. The molecule has 1 aromatic rings. The number of ether oxygens (including phenoxy) is 4. The van der Waals surface area contributed by atoms with Crippen LogP contribution in [0.1, 0.15) is 74.9 Å². The number of methoxy groups -OCH3 is 2. The van der Waals surface area contributed by atoms with Gasteiger partial charge in [0, 0.05) is 73.9 Å². The van der Waals surface area contributed by atoms with Gasteiger partial charge in [0.25, 0.3) is 11.8 Å². The number of nitrogens with zero attached hydrogens (tertiary/aromatic N) is 1. The Kier molecular flexibility index (Phi) is 19.1. The Hall–Kier alpha value is -5.54. The van der Waals surface area contributed by atoms with Crippen LogP contribution < -0.4 is 21.7 Å². The molecule has 1 aromatic carbocycles. The van der Waals surface area contributed by atoms with Gasteiger partial charge < -0.3 is 45.3 Å². The fourth-order valence-corrected chi connectivity index (χ4v) is 10.1. The average molecular weight is 966 g/mol. The Morgan fingerprint density at radius 2 is 1.76 bits per heavy atom. The van der Waals surface area contributed by atoms with Crippen LogP contribution in [0, 0.1) is 11.8 Å². The Balaban J connectivity index is 1.19. The van der Waals surface area contributed by atoms with Gasteiger partial charge in [-0.3, -0.25) is 38.9 Å². The first-order valence-electron chi connectivity index (χ1n) is 21.9. The van der Waals surface area contributed by atoms with Crippen molar-refractivity contribution in [1.29, 1.82) is 0 Å². The first-order valence-corrected chi connectivity index (χ1v) is 24.4. The number of aliphatic hydroxyl groups excluding tert-OH is 1. The summed E-state index contributed by atoms with van der Waals surface area (Å²) in [5, 5.41) is 19.5. The standard InChI is InChI=1S/C47H59N5O13S2/c1-25-19-31-40(49-15-17-66-67-18-16-64-39(55)22-29-10-8-11-30-32(29)24-52(46(30)60)34-13-14-38(54)51-45(34)59)35(53)23-33(42(31)57)50-44(58)26(2)9-7-12-36(62-5)43(65-47(48)61)28(4)21-27(3)41(56)37(20-25)63-6/h7-12,21,23,25,27,34,36-37,41,43,49,56H,13-20,22,24H2,1-6H3,(H2,48,61)(H,50,58)(H,51,54,59)/b12-7-,26-9+,28-21+/t25-,27+,34?,36+,37+,41+,43+/m1/s1. The molecule has 20 heteroatoms. The van der Waals surface area contributed by atoms with Crippen LogP contribution in [0.4, 0.5) is 4.79 Å². The lowest BCUT2D eigenvalue weighted by molar-refractivity contribution is -0.142. The second-order valence-electron chi connectivity index (χ2n) is 16.7. The predicted octanol–water partition coefficient (Wildman–Crippen LogP) is 3.28. The number of piperidine rings is 1. The van der Waals surface area contributed by atoms with E-state index < -0.39 is 71.8 Å². The normalized spacial score (nSPS) is 27.5. The summed E-state index contributed by atoms with van der Waals surface area (Å²) in [4.78, 5) is 104. The first kappa shape index (κ1) is 52.4. The summed E-state index contributed by atoms with van der Waals surface area (Å²) >= 11 is 0. The molecule has 0 radical (unpaired) electrons. The molecule has 4 aliphatic rings. The highest BCUT2D eigenvalue weighted by Crippen LogP contribution is 2.32. The summed E-state index contributed by atoms with van der Waals surface area (Å²) in [6.07, 6.45) is 3.60. The van der Waals surface area contributed by atoms with Crippen molar-refractivity contribution in [3.63, 3.8) is 0 Å². The second kappa shape index (κ2) is 24.5. The SMILES string of the molecule is CO[C@H]1/C=C\C=C(/C)C(=O)NC2=CC(=O)C(NCCSSCCOC(=O)Cc3cccc4c3CN(C3CCC(=O)NC3=O)C4=O)=C(C[C@@H](C)C[C@H](OC)[C@@H](O)[C@@H](C)/C=C(\C)[C@@H]1OC(N)=O)C2=O. The van der Waals surface area contributed by atoms with Crippen LogP contribution in [0.25, 0.3) is 0 Å². The van der Waals surface area contributed by atoms with E-state index in [-0.39, 0.29) is 79.1 Å². The number of nitrogens with two attached hydrogens (primary N) is 1. The molecule has 7 atom stereocenters. The fraction of sp³-hybridized carbons (Fsp3) is 0.489. The van der Waals surface area contributed by atoms with Crippen molar-refractivity contribution in [1.82, 2.24) is 20.9 Å². The van der Waals surface area contributed by atoms with E-state index >= 15 is 0 Å². The largest absolute Gasteiger partial charge is 0.465 e. The van der Waals surface area contributed by atoms with Gasteiger partial charge in [0.15, 0.2) is 6.10 Å². The lowest BCUT2D eigenvalue weighted by atomic mass is 9.85. The minimum absolute atomic E-state index is 0.0638. The number of benzene rings is 1. The van der Waals surface area contributed by atoms with Gasteiger partial charge in [-0.1, -0.05) is 71.9 Å². The number of hydrogen-bond acceptors (Lipinski definition) is 16. The van der Waals surface area contributed by atoms with Gasteiger partial charge in [0.1, 0.15) is 18.8 Å². The number of nitrogens with one attached hydrogen (secondary N) is 3. The molecule has 3 heterocycles. The minimum Gasteiger partial charge on any atom is -0.465 e. The van der Waals surface area contributed by atoms with Crippen LogP contribution in [0.15, 0.2) is 76.7 Å². The molecule has 1 fully saturated rings. The van der Waals surface area contributed by atoms with Crippen molar-refractivity contribution in [3.05, 3.63) is 93.4 Å². The van der Waals surface area contributed by atoms with Crippen LogP contribution >= 0.6 is 21.6 Å². The molecule has 0 aromatic heterocycles. The molecule has 3 aliphatic heterocycles. The molecule has 0 saturated carbocycles. The number of allylic oxidation sites excluding steroid dienone is 4. The number of fused-ring (bicyclic) bond motifs is 3. The number of Topliss-reactive ketones (excluding diaryl/α,β-unsaturated/α-hetero) is 1. The highest BCUT2D eigenvalue weighted by atomic mass is 33.1. The van der Waals surface area contributed by atoms with Gasteiger partial charge in [0.2, 0.25) is 23.4 Å². The number of rotatable bonds is 14. The topological polar surface area (TPSA) is 259 Å². The van der Waals surface area contributed by atoms with Crippen LogP contribution in [0.5, 0.6) is 0 Å². The van der Waals surface area contributed by atoms with Gasteiger partial charge in [-0.2, -0.15) is 0 Å². The number of carbonyl (C=O) groups excluding carboxylic acids is 8. The molecule has 1 saturated heterocycles. The Morgan fingerprint density at radius 3 is 2.46 bits per heavy atom. The summed E-state index contributed by atoms with van der Waals surface area (Å²) in [5.74, 6) is -3.16. The van der Waals surface area contributed by atoms with Crippen molar-refractivity contribution in [3.8, 4) is 0 Å². The molecule has 1 unspecified atom stereocenters. The molecule has 18 nitrogen and oxygen atoms in total. The number of amides is 5. The van der Waals surface area contributed by atoms with Crippen LogP contribution in [0.3, 0.4) is 0 Å².